The molecular weight excluding hydrogens is 330 g/mol. The van der Waals surface area contributed by atoms with E-state index in [9.17, 15) is 17.5 Å². The van der Waals surface area contributed by atoms with Gasteiger partial charge in [0.05, 0.1) is 11.6 Å². The Bertz CT molecular complexity index is 763. The highest BCUT2D eigenvalue weighted by Gasteiger charge is 2.08. The van der Waals surface area contributed by atoms with Crippen LogP contribution in [-0.2, 0) is 17.0 Å². The SMILES string of the molecule is N#Cc1ccc(NS(=O)[O-])c(CSc2ccc(F)cc2F)c1. The molecule has 1 atom stereocenters. The molecule has 0 spiro atoms. The number of hydrogen-bond donors (Lipinski definition) is 1. The number of halogens is 2. The number of nitrogens with one attached hydrogen (secondary N) is 1. The van der Waals surface area contributed by atoms with E-state index in [2.05, 4.69) is 4.72 Å². The van der Waals surface area contributed by atoms with Crippen molar-refractivity contribution in [2.45, 2.75) is 10.6 Å². The molecule has 22 heavy (non-hydrogen) atoms. The summed E-state index contributed by atoms with van der Waals surface area (Å²) in [5.41, 5.74) is 1.19. The van der Waals surface area contributed by atoms with Crippen molar-refractivity contribution in [3.8, 4) is 6.07 Å². The predicted molar refractivity (Wildman–Crippen MR) is 79.6 cm³/mol. The van der Waals surface area contributed by atoms with Crippen molar-refractivity contribution >= 4 is 28.7 Å². The third-order valence-electron chi connectivity index (χ3n) is 2.70. The Hall–Kier alpha value is -1.95. The Morgan fingerprint density at radius 3 is 2.68 bits per heavy atom. The van der Waals surface area contributed by atoms with Gasteiger partial charge in [0.25, 0.3) is 0 Å². The molecule has 8 heteroatoms. The van der Waals surface area contributed by atoms with Gasteiger partial charge in [-0.1, -0.05) is 0 Å². The number of benzene rings is 2. The molecule has 0 fully saturated rings. The summed E-state index contributed by atoms with van der Waals surface area (Å²) in [7, 11) is 0. The van der Waals surface area contributed by atoms with Gasteiger partial charge in [-0.2, -0.15) is 5.26 Å². The second-order valence-corrected chi connectivity index (χ2v) is 5.87. The molecule has 0 saturated carbocycles. The average Bonchev–Trinajstić information content (AvgIpc) is 2.47. The van der Waals surface area contributed by atoms with Crippen molar-refractivity contribution in [1.29, 1.82) is 5.26 Å². The van der Waals surface area contributed by atoms with Gasteiger partial charge in [-0.3, -0.25) is 4.21 Å². The minimum absolute atomic E-state index is 0.220. The molecule has 1 unspecified atom stereocenters. The van der Waals surface area contributed by atoms with E-state index in [0.29, 0.717) is 16.8 Å². The molecule has 2 aromatic carbocycles. The van der Waals surface area contributed by atoms with Gasteiger partial charge in [-0.15, -0.1) is 11.8 Å². The van der Waals surface area contributed by atoms with Crippen LogP contribution in [0.4, 0.5) is 14.5 Å². The molecule has 0 aliphatic heterocycles. The number of anilines is 1. The van der Waals surface area contributed by atoms with Crippen LogP contribution in [0.2, 0.25) is 0 Å². The van der Waals surface area contributed by atoms with Gasteiger partial charge < -0.3 is 9.27 Å². The van der Waals surface area contributed by atoms with Crippen LogP contribution in [0.5, 0.6) is 0 Å². The van der Waals surface area contributed by atoms with E-state index in [1.165, 1.54) is 24.3 Å². The molecule has 2 rings (SSSR count). The summed E-state index contributed by atoms with van der Waals surface area (Å²) in [4.78, 5) is 0.234. The smallest absolute Gasteiger partial charge is 0.139 e. The lowest BCUT2D eigenvalue weighted by Gasteiger charge is -2.14. The lowest BCUT2D eigenvalue weighted by molar-refractivity contribution is 0.542. The third kappa shape index (κ3) is 4.27. The van der Waals surface area contributed by atoms with Gasteiger partial charge >= 0.3 is 0 Å². The number of rotatable bonds is 5. The lowest BCUT2D eigenvalue weighted by Crippen LogP contribution is -2.05. The molecule has 0 radical (unpaired) electrons. The van der Waals surface area contributed by atoms with Crippen molar-refractivity contribution < 1.29 is 17.5 Å². The van der Waals surface area contributed by atoms with Crippen LogP contribution in [0.25, 0.3) is 0 Å². The lowest BCUT2D eigenvalue weighted by atomic mass is 10.1. The summed E-state index contributed by atoms with van der Waals surface area (Å²) < 4.78 is 50.2. The topological polar surface area (TPSA) is 76.0 Å². The van der Waals surface area contributed by atoms with Gasteiger partial charge in [0.2, 0.25) is 0 Å². The van der Waals surface area contributed by atoms with Crippen molar-refractivity contribution in [2.24, 2.45) is 0 Å². The molecule has 0 saturated heterocycles. The standard InChI is InChI=1S/C14H10F2N2O2S2/c15-11-2-4-14(12(16)6-11)21-8-10-5-9(7-17)1-3-13(10)18-22(19)20/h1-6,18H,8H2,(H,19,20)/p-1. The maximum atomic E-state index is 13.6. The van der Waals surface area contributed by atoms with Crippen molar-refractivity contribution in [3.05, 3.63) is 59.2 Å². The van der Waals surface area contributed by atoms with Crippen molar-refractivity contribution in [3.63, 3.8) is 0 Å². The highest BCUT2D eigenvalue weighted by Crippen LogP contribution is 2.29. The summed E-state index contributed by atoms with van der Waals surface area (Å²) in [6, 6.07) is 9.63. The van der Waals surface area contributed by atoms with Gasteiger partial charge in [0, 0.05) is 33.7 Å². The second kappa shape index (κ2) is 7.35. The van der Waals surface area contributed by atoms with Crippen LogP contribution in [0, 0.1) is 23.0 Å². The second-order valence-electron chi connectivity index (χ2n) is 4.18. The monoisotopic (exact) mass is 339 g/mol. The Balaban J connectivity index is 2.23. The summed E-state index contributed by atoms with van der Waals surface area (Å²) in [5, 5.41) is 8.89. The maximum Gasteiger partial charge on any atom is 0.139 e. The van der Waals surface area contributed by atoms with Crippen LogP contribution in [-0.4, -0.2) is 8.76 Å². The van der Waals surface area contributed by atoms with E-state index in [1.807, 2.05) is 6.07 Å². The molecule has 0 bridgehead atoms. The maximum absolute atomic E-state index is 13.6. The fraction of sp³-hybridized carbons (Fsp3) is 0.0714. The first-order valence-corrected chi connectivity index (χ1v) is 8.02. The molecule has 0 amide bonds. The largest absolute Gasteiger partial charge is 0.755 e. The van der Waals surface area contributed by atoms with Crippen molar-refractivity contribution in [2.75, 3.05) is 4.72 Å². The quantitative estimate of drug-likeness (QED) is 0.669. The van der Waals surface area contributed by atoms with Gasteiger partial charge in [-0.05, 0) is 35.9 Å². The molecule has 0 heterocycles. The average molecular weight is 339 g/mol. The minimum atomic E-state index is -2.51. The zero-order chi connectivity index (χ0) is 16.1. The number of nitrogens with zero attached hydrogens (tertiary/aromatic N) is 1. The van der Waals surface area contributed by atoms with E-state index in [-0.39, 0.29) is 10.6 Å². The van der Waals surface area contributed by atoms with Crippen LogP contribution in [0.15, 0.2) is 41.3 Å². The van der Waals surface area contributed by atoms with Crippen LogP contribution in [0.3, 0.4) is 0 Å². The number of hydrogen-bond acceptors (Lipinski definition) is 4. The molecule has 114 valence electrons. The van der Waals surface area contributed by atoms with E-state index >= 15 is 0 Å². The first-order chi connectivity index (χ1) is 10.5. The Morgan fingerprint density at radius 1 is 1.27 bits per heavy atom. The molecule has 2 aromatic rings. The molecule has 0 aliphatic carbocycles. The zero-order valence-corrected chi connectivity index (χ0v) is 12.6. The third-order valence-corrected chi connectivity index (χ3v) is 4.19. The highest BCUT2D eigenvalue weighted by atomic mass is 32.2. The first kappa shape index (κ1) is 16.4. The molecule has 0 aromatic heterocycles. The first-order valence-electron chi connectivity index (χ1n) is 5.96. The van der Waals surface area contributed by atoms with E-state index in [4.69, 9.17) is 5.26 Å². The van der Waals surface area contributed by atoms with Crippen LogP contribution >= 0.6 is 11.8 Å². The zero-order valence-electron chi connectivity index (χ0n) is 11.0. The molecule has 1 N–H and O–H groups in total. The number of thioether (sulfide) groups is 1. The van der Waals surface area contributed by atoms with E-state index in [1.54, 1.807) is 0 Å². The Labute approximate surface area is 132 Å². The Morgan fingerprint density at radius 2 is 2.05 bits per heavy atom. The minimum Gasteiger partial charge on any atom is -0.755 e. The van der Waals surface area contributed by atoms with Crippen molar-refractivity contribution in [1.82, 2.24) is 0 Å². The predicted octanol–water partition coefficient (Wildman–Crippen LogP) is 3.33. The summed E-state index contributed by atoms with van der Waals surface area (Å²) in [6.07, 6.45) is 0. The van der Waals surface area contributed by atoms with Gasteiger partial charge in [0.15, 0.2) is 0 Å². The van der Waals surface area contributed by atoms with Gasteiger partial charge in [0.1, 0.15) is 11.6 Å². The van der Waals surface area contributed by atoms with Crippen LogP contribution in [0.1, 0.15) is 11.1 Å². The Kier molecular flexibility index (Phi) is 5.49. The van der Waals surface area contributed by atoms with E-state index < -0.39 is 22.9 Å². The van der Waals surface area contributed by atoms with Gasteiger partial charge in [-0.25, -0.2) is 8.78 Å². The van der Waals surface area contributed by atoms with Crippen LogP contribution < -0.4 is 4.72 Å². The summed E-state index contributed by atoms with van der Waals surface area (Å²) in [6.45, 7) is 0. The van der Waals surface area contributed by atoms with E-state index in [0.717, 1.165) is 23.9 Å². The highest BCUT2D eigenvalue weighted by molar-refractivity contribution is 7.98. The normalized spacial score (nSPS) is 11.7. The molecular formula is C14H9F2N2O2S2-. The molecule has 4 nitrogen and oxygen atoms in total. The summed E-state index contributed by atoms with van der Waals surface area (Å²) in [5.74, 6) is -1.14. The fourth-order valence-electron chi connectivity index (χ4n) is 1.72. The molecule has 0 aliphatic rings. The summed E-state index contributed by atoms with van der Waals surface area (Å²) >= 11 is -1.43. The fourth-order valence-corrected chi connectivity index (χ4v) is 3.01. The number of nitriles is 1.